The number of ether oxygens (including phenoxy) is 1. The van der Waals surface area contributed by atoms with Crippen LogP contribution in [-0.4, -0.2) is 45.7 Å². The van der Waals surface area contributed by atoms with Gasteiger partial charge in [0.2, 0.25) is 0 Å². The van der Waals surface area contributed by atoms with E-state index >= 15 is 0 Å². The number of morpholine rings is 1. The first-order chi connectivity index (χ1) is 11.4. The Balaban J connectivity index is 2.03. The molecule has 3 rings (SSSR count). The molecule has 2 heterocycles. The van der Waals surface area contributed by atoms with Crippen molar-refractivity contribution in [3.63, 3.8) is 0 Å². The predicted molar refractivity (Wildman–Crippen MR) is 92.3 cm³/mol. The molecule has 0 saturated carbocycles. The van der Waals surface area contributed by atoms with E-state index in [9.17, 15) is 9.59 Å². The summed E-state index contributed by atoms with van der Waals surface area (Å²) in [5.41, 5.74) is 2.39. The average Bonchev–Trinajstić information content (AvgIpc) is 2.57. The van der Waals surface area contributed by atoms with Gasteiger partial charge in [-0.05, 0) is 45.9 Å². The van der Waals surface area contributed by atoms with Gasteiger partial charge in [0.05, 0.1) is 29.8 Å². The molecule has 1 fully saturated rings. The first-order valence-corrected chi connectivity index (χ1v) is 8.36. The zero-order valence-corrected chi connectivity index (χ0v) is 14.6. The quantitative estimate of drug-likeness (QED) is 0.845. The minimum absolute atomic E-state index is 0.0201. The van der Waals surface area contributed by atoms with Crippen molar-refractivity contribution in [2.75, 3.05) is 13.2 Å². The number of fused-ring (bicyclic) bond motifs is 1. The van der Waals surface area contributed by atoms with Gasteiger partial charge in [-0.3, -0.25) is 9.59 Å². The molecule has 2 atom stereocenters. The van der Waals surface area contributed by atoms with Gasteiger partial charge in [0.1, 0.15) is 5.69 Å². The van der Waals surface area contributed by atoms with E-state index in [1.54, 1.807) is 23.6 Å². The highest BCUT2D eigenvalue weighted by Gasteiger charge is 2.28. The molecule has 1 aromatic heterocycles. The second-order valence-electron chi connectivity index (χ2n) is 6.40. The van der Waals surface area contributed by atoms with Crippen LogP contribution in [0.3, 0.4) is 0 Å². The van der Waals surface area contributed by atoms with Crippen LogP contribution >= 0.6 is 0 Å². The monoisotopic (exact) mass is 329 g/mol. The van der Waals surface area contributed by atoms with Gasteiger partial charge in [-0.1, -0.05) is 0 Å². The number of amides is 1. The molecule has 0 spiro atoms. The molecule has 0 aliphatic carbocycles. The number of rotatable bonds is 2. The minimum Gasteiger partial charge on any atom is -0.375 e. The minimum atomic E-state index is -0.0836. The molecule has 1 saturated heterocycles. The normalized spacial score (nSPS) is 21.2. The summed E-state index contributed by atoms with van der Waals surface area (Å²) < 4.78 is 7.28. The maximum atomic E-state index is 12.9. The van der Waals surface area contributed by atoms with E-state index in [2.05, 4.69) is 4.98 Å². The molecule has 0 radical (unpaired) electrons. The molecule has 0 bridgehead atoms. The van der Waals surface area contributed by atoms with E-state index in [-0.39, 0.29) is 23.6 Å². The van der Waals surface area contributed by atoms with Crippen molar-refractivity contribution in [3.05, 3.63) is 39.8 Å². The van der Waals surface area contributed by atoms with Gasteiger partial charge in [-0.2, -0.15) is 0 Å². The fraction of sp³-hybridized carbons (Fsp3) is 0.500. The summed E-state index contributed by atoms with van der Waals surface area (Å²) in [5.74, 6) is -0.0201. The first-order valence-electron chi connectivity index (χ1n) is 8.36. The van der Waals surface area contributed by atoms with Crippen LogP contribution in [0.25, 0.3) is 11.0 Å². The van der Waals surface area contributed by atoms with Gasteiger partial charge in [-0.25, -0.2) is 4.98 Å². The number of carbonyl (C=O) groups excluding carboxylic acids is 1. The second-order valence-corrected chi connectivity index (χ2v) is 6.40. The average molecular weight is 329 g/mol. The Labute approximate surface area is 141 Å². The second kappa shape index (κ2) is 6.36. The van der Waals surface area contributed by atoms with E-state index in [0.717, 1.165) is 5.52 Å². The van der Waals surface area contributed by atoms with Crippen molar-refractivity contribution in [1.82, 2.24) is 14.5 Å². The van der Waals surface area contributed by atoms with Crippen molar-refractivity contribution in [3.8, 4) is 0 Å². The molecule has 24 heavy (non-hydrogen) atoms. The summed E-state index contributed by atoms with van der Waals surface area (Å²) in [4.78, 5) is 31.3. The van der Waals surface area contributed by atoms with Crippen LogP contribution in [-0.2, 0) is 11.3 Å². The van der Waals surface area contributed by atoms with E-state index < -0.39 is 0 Å². The molecule has 6 nitrogen and oxygen atoms in total. The lowest BCUT2D eigenvalue weighted by Gasteiger charge is -2.36. The molecule has 1 aromatic carbocycles. The van der Waals surface area contributed by atoms with Gasteiger partial charge in [0.15, 0.2) is 0 Å². The van der Waals surface area contributed by atoms with Gasteiger partial charge in [-0.15, -0.1) is 0 Å². The Morgan fingerprint density at radius 3 is 2.83 bits per heavy atom. The van der Waals surface area contributed by atoms with Crippen LogP contribution in [0.4, 0.5) is 0 Å². The van der Waals surface area contributed by atoms with E-state index in [1.165, 1.54) is 0 Å². The van der Waals surface area contributed by atoms with Gasteiger partial charge in [0, 0.05) is 18.7 Å². The van der Waals surface area contributed by atoms with Crippen LogP contribution in [0.15, 0.2) is 23.0 Å². The molecular weight excluding hydrogens is 306 g/mol. The van der Waals surface area contributed by atoms with Crippen molar-refractivity contribution in [1.29, 1.82) is 0 Å². The number of aryl methyl sites for hydroxylation is 2. The van der Waals surface area contributed by atoms with Gasteiger partial charge < -0.3 is 14.2 Å². The van der Waals surface area contributed by atoms with Crippen LogP contribution < -0.4 is 5.56 Å². The van der Waals surface area contributed by atoms with Crippen LogP contribution in [0.1, 0.15) is 36.8 Å². The number of carbonyl (C=O) groups is 1. The molecule has 1 aliphatic rings. The maximum absolute atomic E-state index is 12.9. The largest absolute Gasteiger partial charge is 0.375 e. The third kappa shape index (κ3) is 2.82. The molecule has 1 amide bonds. The lowest BCUT2D eigenvalue weighted by molar-refractivity contribution is -0.0387. The summed E-state index contributed by atoms with van der Waals surface area (Å²) in [7, 11) is 0. The summed E-state index contributed by atoms with van der Waals surface area (Å²) in [6.45, 7) is 9.29. The number of hydrogen-bond donors (Lipinski definition) is 0. The highest BCUT2D eigenvalue weighted by Crippen LogP contribution is 2.19. The third-order valence-electron chi connectivity index (χ3n) is 4.54. The number of nitrogens with zero attached hydrogens (tertiary/aromatic N) is 3. The Bertz CT molecular complexity index is 843. The SMILES string of the molecule is CCn1c(=O)c(C)nc2cc(C(=O)N3C[C@@H](C)OC[C@H]3C)ccc21. The van der Waals surface area contributed by atoms with Crippen molar-refractivity contribution >= 4 is 16.9 Å². The number of hydrogen-bond acceptors (Lipinski definition) is 4. The van der Waals surface area contributed by atoms with Crippen LogP contribution in [0.2, 0.25) is 0 Å². The zero-order chi connectivity index (χ0) is 17.4. The highest BCUT2D eigenvalue weighted by atomic mass is 16.5. The van der Waals surface area contributed by atoms with Crippen LogP contribution in [0, 0.1) is 6.92 Å². The zero-order valence-electron chi connectivity index (χ0n) is 14.6. The molecule has 6 heteroatoms. The van der Waals surface area contributed by atoms with Gasteiger partial charge in [0.25, 0.3) is 11.5 Å². The fourth-order valence-electron chi connectivity index (χ4n) is 3.17. The topological polar surface area (TPSA) is 64.4 Å². The molecule has 2 aromatic rings. The Morgan fingerprint density at radius 1 is 1.38 bits per heavy atom. The molecular formula is C18H23N3O3. The standard InChI is InChI=1S/C18H23N3O3/c1-5-20-16-7-6-14(8-15(16)19-13(4)17(20)22)18(23)21-9-12(3)24-10-11(21)2/h6-8,11-12H,5,9-10H2,1-4H3/t11-,12-/m1/s1. The van der Waals surface area contributed by atoms with E-state index in [0.29, 0.717) is 36.5 Å². The maximum Gasteiger partial charge on any atom is 0.272 e. The predicted octanol–water partition coefficient (Wildman–Crippen LogP) is 1.97. The molecule has 128 valence electrons. The lowest BCUT2D eigenvalue weighted by atomic mass is 10.1. The van der Waals surface area contributed by atoms with Crippen molar-refractivity contribution in [2.24, 2.45) is 0 Å². The number of benzene rings is 1. The Hall–Kier alpha value is -2.21. The fourth-order valence-corrected chi connectivity index (χ4v) is 3.17. The Kier molecular flexibility index (Phi) is 4.41. The number of aromatic nitrogens is 2. The summed E-state index contributed by atoms with van der Waals surface area (Å²) in [6, 6.07) is 5.42. The van der Waals surface area contributed by atoms with Crippen molar-refractivity contribution < 1.29 is 9.53 Å². The third-order valence-corrected chi connectivity index (χ3v) is 4.54. The lowest BCUT2D eigenvalue weighted by Crippen LogP contribution is -2.50. The summed E-state index contributed by atoms with van der Waals surface area (Å²) in [5, 5.41) is 0. The smallest absolute Gasteiger partial charge is 0.272 e. The Morgan fingerprint density at radius 2 is 2.12 bits per heavy atom. The van der Waals surface area contributed by atoms with Gasteiger partial charge >= 0.3 is 0 Å². The van der Waals surface area contributed by atoms with Crippen molar-refractivity contribution in [2.45, 2.75) is 46.4 Å². The summed E-state index contributed by atoms with van der Waals surface area (Å²) >= 11 is 0. The highest BCUT2D eigenvalue weighted by molar-refractivity contribution is 5.97. The first kappa shape index (κ1) is 16.6. The van der Waals surface area contributed by atoms with E-state index in [1.807, 2.05) is 31.7 Å². The molecule has 0 N–H and O–H groups in total. The van der Waals surface area contributed by atoms with E-state index in [4.69, 9.17) is 4.74 Å². The summed E-state index contributed by atoms with van der Waals surface area (Å²) in [6.07, 6.45) is 0.0382. The van der Waals surface area contributed by atoms with Crippen LogP contribution in [0.5, 0.6) is 0 Å². The molecule has 0 unspecified atom stereocenters. The molecule has 1 aliphatic heterocycles.